The van der Waals surface area contributed by atoms with Crippen molar-refractivity contribution in [2.75, 3.05) is 0 Å². The maximum atomic E-state index is 12.0. The van der Waals surface area contributed by atoms with Gasteiger partial charge in [-0.05, 0) is 37.8 Å². The molecular formula is C16H18N2O2. The van der Waals surface area contributed by atoms with Crippen LogP contribution in [0.1, 0.15) is 30.7 Å². The van der Waals surface area contributed by atoms with Gasteiger partial charge in [0.25, 0.3) is 0 Å². The van der Waals surface area contributed by atoms with Crippen LogP contribution in [-0.4, -0.2) is 10.9 Å². The van der Waals surface area contributed by atoms with E-state index in [1.807, 2.05) is 25.1 Å². The van der Waals surface area contributed by atoms with Crippen molar-refractivity contribution in [2.24, 2.45) is 5.92 Å². The highest BCUT2D eigenvalue weighted by molar-refractivity contribution is 5.79. The van der Waals surface area contributed by atoms with Gasteiger partial charge in [-0.1, -0.05) is 24.3 Å². The summed E-state index contributed by atoms with van der Waals surface area (Å²) in [5.74, 6) is 0.744. The first-order valence-electron chi connectivity index (χ1n) is 7.02. The Morgan fingerprint density at radius 1 is 1.45 bits per heavy atom. The van der Waals surface area contributed by atoms with Crippen molar-refractivity contribution in [1.29, 1.82) is 0 Å². The number of amides is 1. The molecule has 1 amide bonds. The first-order chi connectivity index (χ1) is 9.74. The molecule has 4 heteroatoms. The zero-order valence-electron chi connectivity index (χ0n) is 11.6. The Labute approximate surface area is 117 Å². The monoisotopic (exact) mass is 270 g/mol. The van der Waals surface area contributed by atoms with Crippen molar-refractivity contribution >= 4 is 17.0 Å². The molecule has 20 heavy (non-hydrogen) atoms. The largest absolute Gasteiger partial charge is 0.439 e. The second-order valence-electron chi connectivity index (χ2n) is 5.23. The van der Waals surface area contributed by atoms with Gasteiger partial charge in [0.2, 0.25) is 11.8 Å². The molecule has 1 heterocycles. The molecule has 0 spiro atoms. The smallest absolute Gasteiger partial charge is 0.223 e. The van der Waals surface area contributed by atoms with E-state index in [0.717, 1.165) is 35.9 Å². The Morgan fingerprint density at radius 2 is 2.35 bits per heavy atom. The van der Waals surface area contributed by atoms with Crippen LogP contribution in [0.5, 0.6) is 0 Å². The van der Waals surface area contributed by atoms with Crippen LogP contribution in [0.25, 0.3) is 11.1 Å². The molecule has 0 saturated heterocycles. The van der Waals surface area contributed by atoms with Gasteiger partial charge in [-0.25, -0.2) is 4.98 Å². The summed E-state index contributed by atoms with van der Waals surface area (Å²) >= 11 is 0. The van der Waals surface area contributed by atoms with Crippen molar-refractivity contribution in [3.8, 4) is 0 Å². The first kappa shape index (κ1) is 12.9. The minimum atomic E-state index is 0.0890. The van der Waals surface area contributed by atoms with E-state index in [4.69, 9.17) is 4.42 Å². The zero-order valence-corrected chi connectivity index (χ0v) is 11.6. The highest BCUT2D eigenvalue weighted by Gasteiger charge is 2.19. The summed E-state index contributed by atoms with van der Waals surface area (Å²) in [5.41, 5.74) is 2.73. The molecule has 0 bridgehead atoms. The number of aryl methyl sites for hydroxylation is 1. The van der Waals surface area contributed by atoms with Crippen molar-refractivity contribution in [3.05, 3.63) is 41.8 Å². The molecule has 1 aliphatic carbocycles. The molecule has 3 rings (SSSR count). The highest BCUT2D eigenvalue weighted by Crippen LogP contribution is 2.20. The Bertz CT molecular complexity index is 658. The number of hydrogen-bond donors (Lipinski definition) is 1. The van der Waals surface area contributed by atoms with Crippen LogP contribution < -0.4 is 5.32 Å². The fourth-order valence-electron chi connectivity index (χ4n) is 2.55. The van der Waals surface area contributed by atoms with Gasteiger partial charge in [0.1, 0.15) is 5.52 Å². The van der Waals surface area contributed by atoms with Gasteiger partial charge in [-0.15, -0.1) is 0 Å². The maximum absolute atomic E-state index is 12.0. The maximum Gasteiger partial charge on any atom is 0.223 e. The summed E-state index contributed by atoms with van der Waals surface area (Å²) in [6, 6.07) is 5.84. The number of oxazole rings is 1. The number of allylic oxidation sites excluding steroid dienone is 2. The van der Waals surface area contributed by atoms with Gasteiger partial charge in [-0.2, -0.15) is 0 Å². The predicted octanol–water partition coefficient (Wildman–Crippen LogP) is 3.11. The van der Waals surface area contributed by atoms with E-state index >= 15 is 0 Å². The van der Waals surface area contributed by atoms with Crippen LogP contribution in [-0.2, 0) is 11.3 Å². The molecule has 0 aliphatic heterocycles. The topological polar surface area (TPSA) is 55.1 Å². The van der Waals surface area contributed by atoms with Gasteiger partial charge in [0.15, 0.2) is 5.58 Å². The number of nitrogens with one attached hydrogen (secondary N) is 1. The van der Waals surface area contributed by atoms with Gasteiger partial charge >= 0.3 is 0 Å². The molecule has 0 radical (unpaired) electrons. The first-order valence-corrected chi connectivity index (χ1v) is 7.02. The van der Waals surface area contributed by atoms with Gasteiger partial charge in [0, 0.05) is 5.92 Å². The van der Waals surface area contributed by atoms with E-state index in [-0.39, 0.29) is 11.8 Å². The zero-order chi connectivity index (χ0) is 13.9. The van der Waals surface area contributed by atoms with E-state index in [0.29, 0.717) is 12.4 Å². The van der Waals surface area contributed by atoms with Crippen LogP contribution >= 0.6 is 0 Å². The number of rotatable bonds is 3. The fourth-order valence-corrected chi connectivity index (χ4v) is 2.55. The molecular weight excluding hydrogens is 252 g/mol. The summed E-state index contributed by atoms with van der Waals surface area (Å²) in [4.78, 5) is 16.5. The van der Waals surface area contributed by atoms with E-state index in [1.165, 1.54) is 0 Å². The van der Waals surface area contributed by atoms with Crippen LogP contribution in [0, 0.1) is 12.8 Å². The van der Waals surface area contributed by atoms with Crippen molar-refractivity contribution in [2.45, 2.75) is 32.7 Å². The van der Waals surface area contributed by atoms with Crippen LogP contribution in [0.2, 0.25) is 0 Å². The molecule has 1 atom stereocenters. The number of carbonyl (C=O) groups is 1. The Balaban J connectivity index is 1.66. The Hall–Kier alpha value is -2.10. The third-order valence-electron chi connectivity index (χ3n) is 3.72. The minimum absolute atomic E-state index is 0.0890. The average Bonchev–Trinajstić information content (AvgIpc) is 2.90. The summed E-state index contributed by atoms with van der Waals surface area (Å²) in [6.45, 7) is 2.36. The molecule has 0 unspecified atom stereocenters. The third-order valence-corrected chi connectivity index (χ3v) is 3.72. The number of hydrogen-bond acceptors (Lipinski definition) is 3. The van der Waals surface area contributed by atoms with Gasteiger partial charge in [-0.3, -0.25) is 4.79 Å². The van der Waals surface area contributed by atoms with Crippen molar-refractivity contribution in [1.82, 2.24) is 10.3 Å². The highest BCUT2D eigenvalue weighted by atomic mass is 16.3. The van der Waals surface area contributed by atoms with Crippen molar-refractivity contribution < 1.29 is 9.21 Å². The number of fused-ring (bicyclic) bond motifs is 1. The van der Waals surface area contributed by atoms with E-state index in [2.05, 4.69) is 22.5 Å². The molecule has 2 aromatic rings. The number of benzene rings is 1. The lowest BCUT2D eigenvalue weighted by molar-refractivity contribution is -0.125. The molecule has 1 N–H and O–H groups in total. The van der Waals surface area contributed by atoms with Crippen molar-refractivity contribution in [3.63, 3.8) is 0 Å². The third kappa shape index (κ3) is 2.59. The Morgan fingerprint density at radius 3 is 3.10 bits per heavy atom. The van der Waals surface area contributed by atoms with E-state index in [1.54, 1.807) is 0 Å². The van der Waals surface area contributed by atoms with E-state index in [9.17, 15) is 4.79 Å². The number of aromatic nitrogens is 1. The molecule has 0 fully saturated rings. The summed E-state index contributed by atoms with van der Waals surface area (Å²) < 4.78 is 5.65. The standard InChI is InChI=1S/C16H18N2O2/c1-11-6-5-9-13-15(11)18-14(20-13)10-17-16(19)12-7-3-2-4-8-12/h2-3,5-6,9,12H,4,7-8,10H2,1H3,(H,17,19)/t12-/m1/s1. The second kappa shape index (κ2) is 5.49. The average molecular weight is 270 g/mol. The van der Waals surface area contributed by atoms with Gasteiger partial charge in [0.05, 0.1) is 6.54 Å². The lowest BCUT2D eigenvalue weighted by Crippen LogP contribution is -2.30. The summed E-state index contributed by atoms with van der Waals surface area (Å²) in [7, 11) is 0. The summed E-state index contributed by atoms with van der Waals surface area (Å²) in [6.07, 6.45) is 6.96. The molecule has 104 valence electrons. The molecule has 0 saturated carbocycles. The molecule has 1 aromatic heterocycles. The molecule has 4 nitrogen and oxygen atoms in total. The van der Waals surface area contributed by atoms with E-state index < -0.39 is 0 Å². The van der Waals surface area contributed by atoms with Crippen LogP contribution in [0.15, 0.2) is 34.8 Å². The fraction of sp³-hybridized carbons (Fsp3) is 0.375. The molecule has 1 aromatic carbocycles. The number of para-hydroxylation sites is 1. The normalized spacial score (nSPS) is 18.4. The quantitative estimate of drug-likeness (QED) is 0.872. The van der Waals surface area contributed by atoms with Crippen LogP contribution in [0.3, 0.4) is 0 Å². The summed E-state index contributed by atoms with van der Waals surface area (Å²) in [5, 5.41) is 2.92. The SMILES string of the molecule is Cc1cccc2oc(CNC(=O)[C@@H]3CC=CCC3)nc12. The predicted molar refractivity (Wildman–Crippen MR) is 77.1 cm³/mol. The number of nitrogens with zero attached hydrogens (tertiary/aromatic N) is 1. The molecule has 1 aliphatic rings. The minimum Gasteiger partial charge on any atom is -0.439 e. The van der Waals surface area contributed by atoms with Crippen LogP contribution in [0.4, 0.5) is 0 Å². The number of carbonyl (C=O) groups excluding carboxylic acids is 1. The Kier molecular flexibility index (Phi) is 3.54. The lowest BCUT2D eigenvalue weighted by Gasteiger charge is -2.16. The van der Waals surface area contributed by atoms with Gasteiger partial charge < -0.3 is 9.73 Å². The lowest BCUT2D eigenvalue weighted by atomic mass is 9.94. The second-order valence-corrected chi connectivity index (χ2v) is 5.23.